The summed E-state index contributed by atoms with van der Waals surface area (Å²) in [4.78, 5) is 12.3. The van der Waals surface area contributed by atoms with Crippen molar-refractivity contribution in [1.29, 1.82) is 0 Å². The molecule has 0 atom stereocenters. The predicted octanol–water partition coefficient (Wildman–Crippen LogP) is 4.99. The van der Waals surface area contributed by atoms with Crippen LogP contribution in [0.3, 0.4) is 0 Å². The molecule has 0 aliphatic carbocycles. The summed E-state index contributed by atoms with van der Waals surface area (Å²) < 4.78 is 16.3. The molecule has 3 rings (SSSR count). The molecule has 30 heavy (non-hydrogen) atoms. The number of hydrogen-bond donors (Lipinski definition) is 2. The van der Waals surface area contributed by atoms with Gasteiger partial charge in [-0.2, -0.15) is 0 Å². The van der Waals surface area contributed by atoms with Gasteiger partial charge in [0.2, 0.25) is 0 Å². The van der Waals surface area contributed by atoms with Gasteiger partial charge >= 0.3 is 0 Å². The van der Waals surface area contributed by atoms with E-state index in [1.165, 1.54) is 0 Å². The zero-order valence-electron chi connectivity index (χ0n) is 16.8. The highest BCUT2D eigenvalue weighted by atomic mass is 35.5. The van der Waals surface area contributed by atoms with E-state index >= 15 is 0 Å². The maximum absolute atomic E-state index is 12.3. The number of rotatable bonds is 9. The molecule has 3 aromatic carbocycles. The summed E-state index contributed by atoms with van der Waals surface area (Å²) in [5.74, 6) is 1.33. The zero-order chi connectivity index (χ0) is 21.3. The summed E-state index contributed by atoms with van der Waals surface area (Å²) in [5.41, 5.74) is 2.56. The summed E-state index contributed by atoms with van der Waals surface area (Å²) in [7, 11) is 3.11. The van der Waals surface area contributed by atoms with Crippen molar-refractivity contribution in [1.82, 2.24) is 0 Å². The molecule has 7 heteroatoms. The molecule has 6 nitrogen and oxygen atoms in total. The number of nitrogens with one attached hydrogen (secondary N) is 2. The van der Waals surface area contributed by atoms with Crippen molar-refractivity contribution in [2.24, 2.45) is 0 Å². The number of ether oxygens (including phenoxy) is 3. The highest BCUT2D eigenvalue weighted by Gasteiger charge is 2.11. The molecular formula is C23H23ClN2O4. The van der Waals surface area contributed by atoms with E-state index in [2.05, 4.69) is 10.6 Å². The van der Waals surface area contributed by atoms with Crippen molar-refractivity contribution in [3.63, 3.8) is 0 Å². The van der Waals surface area contributed by atoms with E-state index < -0.39 is 0 Å². The minimum Gasteiger partial charge on any atom is -0.495 e. The first kappa shape index (κ1) is 21.3. The largest absolute Gasteiger partial charge is 0.495 e. The number of carbonyl (C=O) groups is 1. The van der Waals surface area contributed by atoms with Crippen LogP contribution in [0.15, 0.2) is 66.7 Å². The Labute approximate surface area is 180 Å². The molecule has 0 aliphatic heterocycles. The molecule has 2 N–H and O–H groups in total. The standard InChI is InChI=1S/C23H23ClN2O4/c1-28-20-6-4-3-5-19(20)26-23(27)15-30-21-12-7-16(13-22(21)29-2)14-25-18-10-8-17(24)9-11-18/h3-13,25H,14-15H2,1-2H3,(H,26,27). The molecule has 3 aromatic rings. The van der Waals surface area contributed by atoms with E-state index in [1.807, 2.05) is 48.5 Å². The minimum absolute atomic E-state index is 0.156. The second-order valence-corrected chi connectivity index (χ2v) is 6.82. The van der Waals surface area contributed by atoms with Gasteiger partial charge < -0.3 is 24.8 Å². The Morgan fingerprint density at radius 2 is 1.63 bits per heavy atom. The highest BCUT2D eigenvalue weighted by molar-refractivity contribution is 6.30. The van der Waals surface area contributed by atoms with E-state index in [9.17, 15) is 4.79 Å². The van der Waals surface area contributed by atoms with E-state index in [0.717, 1.165) is 11.3 Å². The third kappa shape index (κ3) is 5.81. The molecule has 0 fully saturated rings. The number of halogens is 1. The van der Waals surface area contributed by atoms with Crippen molar-refractivity contribution in [3.05, 3.63) is 77.3 Å². The molecule has 0 saturated heterocycles. The van der Waals surface area contributed by atoms with Crippen molar-refractivity contribution in [3.8, 4) is 17.2 Å². The van der Waals surface area contributed by atoms with Crippen LogP contribution in [0, 0.1) is 0 Å². The molecule has 0 saturated carbocycles. The van der Waals surface area contributed by atoms with Gasteiger partial charge in [-0.25, -0.2) is 0 Å². The lowest BCUT2D eigenvalue weighted by molar-refractivity contribution is -0.118. The number of carbonyl (C=O) groups excluding carboxylic acids is 1. The molecule has 0 unspecified atom stereocenters. The Bertz CT molecular complexity index is 993. The first-order chi connectivity index (χ1) is 14.6. The van der Waals surface area contributed by atoms with E-state index in [4.69, 9.17) is 25.8 Å². The Balaban J connectivity index is 1.58. The van der Waals surface area contributed by atoms with Crippen LogP contribution in [0.2, 0.25) is 5.02 Å². The summed E-state index contributed by atoms with van der Waals surface area (Å²) in [5, 5.41) is 6.78. The molecule has 0 spiro atoms. The smallest absolute Gasteiger partial charge is 0.262 e. The Kier molecular flexibility index (Phi) is 7.40. The average Bonchev–Trinajstić information content (AvgIpc) is 2.78. The summed E-state index contributed by atoms with van der Waals surface area (Å²) >= 11 is 5.91. The van der Waals surface area contributed by atoms with Gasteiger partial charge in [0.05, 0.1) is 19.9 Å². The lowest BCUT2D eigenvalue weighted by Crippen LogP contribution is -2.20. The predicted molar refractivity (Wildman–Crippen MR) is 119 cm³/mol. The summed E-state index contributed by atoms with van der Waals surface area (Å²) in [6, 6.07) is 20.3. The quantitative estimate of drug-likeness (QED) is 0.504. The maximum Gasteiger partial charge on any atom is 0.262 e. The number of anilines is 2. The van der Waals surface area contributed by atoms with Gasteiger partial charge in [-0.15, -0.1) is 0 Å². The van der Waals surface area contributed by atoms with Crippen LogP contribution < -0.4 is 24.8 Å². The van der Waals surface area contributed by atoms with E-state index in [-0.39, 0.29) is 12.5 Å². The summed E-state index contributed by atoms with van der Waals surface area (Å²) in [6.45, 7) is 0.448. The van der Waals surface area contributed by atoms with Crippen LogP contribution in [0.5, 0.6) is 17.2 Å². The molecule has 0 aliphatic rings. The van der Waals surface area contributed by atoms with Crippen LogP contribution >= 0.6 is 11.6 Å². The number of amides is 1. The van der Waals surface area contributed by atoms with Crippen LogP contribution in [0.1, 0.15) is 5.56 Å². The third-order valence-electron chi connectivity index (χ3n) is 4.31. The van der Waals surface area contributed by atoms with E-state index in [1.54, 1.807) is 32.4 Å². The molecule has 0 radical (unpaired) electrons. The lowest BCUT2D eigenvalue weighted by atomic mass is 10.2. The van der Waals surface area contributed by atoms with Gasteiger partial charge in [0.25, 0.3) is 5.91 Å². The van der Waals surface area contributed by atoms with Crippen molar-refractivity contribution in [2.45, 2.75) is 6.54 Å². The van der Waals surface area contributed by atoms with E-state index in [0.29, 0.717) is 34.5 Å². The minimum atomic E-state index is -0.296. The lowest BCUT2D eigenvalue weighted by Gasteiger charge is -2.14. The van der Waals surface area contributed by atoms with Crippen molar-refractivity contribution in [2.75, 3.05) is 31.5 Å². The Morgan fingerprint density at radius 3 is 2.37 bits per heavy atom. The number of methoxy groups -OCH3 is 2. The molecule has 1 amide bonds. The van der Waals surface area contributed by atoms with Crippen LogP contribution in [-0.2, 0) is 11.3 Å². The molecule has 0 aromatic heterocycles. The topological polar surface area (TPSA) is 68.8 Å². The number of benzene rings is 3. The normalized spacial score (nSPS) is 10.2. The van der Waals surface area contributed by atoms with Gasteiger partial charge in [0.1, 0.15) is 5.75 Å². The molecule has 0 heterocycles. The maximum atomic E-state index is 12.3. The first-order valence-corrected chi connectivity index (χ1v) is 9.69. The second-order valence-electron chi connectivity index (χ2n) is 6.38. The van der Waals surface area contributed by atoms with Gasteiger partial charge in [-0.05, 0) is 54.1 Å². The number of para-hydroxylation sites is 2. The second kappa shape index (κ2) is 10.4. The van der Waals surface area contributed by atoms with Gasteiger partial charge in [0.15, 0.2) is 18.1 Å². The Morgan fingerprint density at radius 1 is 0.900 bits per heavy atom. The van der Waals surface area contributed by atoms with Crippen LogP contribution in [0.4, 0.5) is 11.4 Å². The fourth-order valence-electron chi connectivity index (χ4n) is 2.79. The fraction of sp³-hybridized carbons (Fsp3) is 0.174. The number of hydrogen-bond acceptors (Lipinski definition) is 5. The van der Waals surface area contributed by atoms with Gasteiger partial charge in [-0.3, -0.25) is 4.79 Å². The summed E-state index contributed by atoms with van der Waals surface area (Å²) in [6.07, 6.45) is 0. The Hall–Kier alpha value is -3.38. The van der Waals surface area contributed by atoms with Gasteiger partial charge in [0, 0.05) is 17.3 Å². The zero-order valence-corrected chi connectivity index (χ0v) is 17.5. The monoisotopic (exact) mass is 426 g/mol. The third-order valence-corrected chi connectivity index (χ3v) is 4.56. The highest BCUT2D eigenvalue weighted by Crippen LogP contribution is 2.29. The SMILES string of the molecule is COc1ccccc1NC(=O)COc1ccc(CNc2ccc(Cl)cc2)cc1OC. The fourth-order valence-corrected chi connectivity index (χ4v) is 2.92. The van der Waals surface area contributed by atoms with Crippen LogP contribution in [-0.4, -0.2) is 26.7 Å². The van der Waals surface area contributed by atoms with Crippen LogP contribution in [0.25, 0.3) is 0 Å². The van der Waals surface area contributed by atoms with Crippen molar-refractivity contribution < 1.29 is 19.0 Å². The molecule has 0 bridgehead atoms. The van der Waals surface area contributed by atoms with Crippen molar-refractivity contribution >= 4 is 28.9 Å². The first-order valence-electron chi connectivity index (χ1n) is 9.31. The average molecular weight is 427 g/mol. The van der Waals surface area contributed by atoms with Gasteiger partial charge in [-0.1, -0.05) is 29.8 Å². The molecule has 156 valence electrons. The molecular weight excluding hydrogens is 404 g/mol.